The molecule has 2 saturated heterocycles. The van der Waals surface area contributed by atoms with E-state index in [2.05, 4.69) is 57.6 Å². The molecule has 3 aromatic rings. The van der Waals surface area contributed by atoms with Gasteiger partial charge < -0.3 is 15.1 Å². The van der Waals surface area contributed by atoms with Crippen molar-refractivity contribution in [1.29, 1.82) is 0 Å². The minimum absolute atomic E-state index is 0.680. The van der Waals surface area contributed by atoms with Gasteiger partial charge in [0.2, 0.25) is 17.8 Å². The molecule has 1 aromatic heterocycles. The molecule has 2 aliphatic heterocycles. The third kappa shape index (κ3) is 4.18. The van der Waals surface area contributed by atoms with Gasteiger partial charge in [0.15, 0.2) is 0 Å². The monoisotopic (exact) mass is 402 g/mol. The van der Waals surface area contributed by atoms with E-state index >= 15 is 0 Å². The lowest BCUT2D eigenvalue weighted by Crippen LogP contribution is -2.34. The van der Waals surface area contributed by atoms with Gasteiger partial charge in [0.1, 0.15) is 0 Å². The molecule has 2 aromatic carbocycles. The van der Waals surface area contributed by atoms with Crippen LogP contribution in [-0.2, 0) is 6.54 Å². The highest BCUT2D eigenvalue weighted by Gasteiger charge is 2.20. The van der Waals surface area contributed by atoms with Crippen molar-refractivity contribution in [3.05, 3.63) is 48.0 Å². The van der Waals surface area contributed by atoms with Crippen LogP contribution in [0.4, 0.5) is 17.8 Å². The predicted molar refractivity (Wildman–Crippen MR) is 123 cm³/mol. The number of aromatic nitrogens is 3. The molecule has 6 heteroatoms. The fourth-order valence-electron chi connectivity index (χ4n) is 4.52. The maximum atomic E-state index is 4.88. The summed E-state index contributed by atoms with van der Waals surface area (Å²) in [7, 11) is 0. The largest absolute Gasteiger partial charge is 0.350 e. The fourth-order valence-corrected chi connectivity index (χ4v) is 4.52. The summed E-state index contributed by atoms with van der Waals surface area (Å²) in [6.07, 6.45) is 7.44. The second kappa shape index (κ2) is 8.86. The van der Waals surface area contributed by atoms with E-state index in [4.69, 9.17) is 15.0 Å². The maximum Gasteiger partial charge on any atom is 0.231 e. The van der Waals surface area contributed by atoms with Gasteiger partial charge >= 0.3 is 0 Å². The van der Waals surface area contributed by atoms with Crippen LogP contribution in [0, 0.1) is 0 Å². The van der Waals surface area contributed by atoms with Gasteiger partial charge in [-0.1, -0.05) is 42.5 Å². The van der Waals surface area contributed by atoms with Crippen LogP contribution in [0.25, 0.3) is 10.8 Å². The standard InChI is InChI=1S/C24H30N6/c1-5-14-29(15-6-1)23-26-22(27-24(28-23)30-16-7-2-8-17-30)25-18-20-12-9-11-19-10-3-4-13-21(19)20/h3-4,9-13H,1-2,5-8,14-18H2,(H,25,26,27,28). The normalized spacial score (nSPS) is 17.3. The van der Waals surface area contributed by atoms with Gasteiger partial charge in [-0.25, -0.2) is 0 Å². The zero-order valence-corrected chi connectivity index (χ0v) is 17.6. The number of fused-ring (bicyclic) bond motifs is 1. The molecular formula is C24H30N6. The van der Waals surface area contributed by atoms with Gasteiger partial charge in [-0.2, -0.15) is 15.0 Å². The second-order valence-corrected chi connectivity index (χ2v) is 8.35. The summed E-state index contributed by atoms with van der Waals surface area (Å²) >= 11 is 0. The van der Waals surface area contributed by atoms with Gasteiger partial charge in [0, 0.05) is 32.7 Å². The number of rotatable bonds is 5. The number of nitrogens with zero attached hydrogens (tertiary/aromatic N) is 5. The second-order valence-electron chi connectivity index (χ2n) is 8.35. The molecule has 0 aliphatic carbocycles. The third-order valence-electron chi connectivity index (χ3n) is 6.21. The van der Waals surface area contributed by atoms with Crippen molar-refractivity contribution in [2.45, 2.75) is 45.1 Å². The molecule has 5 rings (SSSR count). The quantitative estimate of drug-likeness (QED) is 0.672. The van der Waals surface area contributed by atoms with Crippen molar-refractivity contribution >= 4 is 28.6 Å². The highest BCUT2D eigenvalue weighted by Crippen LogP contribution is 2.24. The van der Waals surface area contributed by atoms with E-state index in [0.29, 0.717) is 12.5 Å². The first-order valence-electron chi connectivity index (χ1n) is 11.3. The molecule has 30 heavy (non-hydrogen) atoms. The number of hydrogen-bond acceptors (Lipinski definition) is 6. The Bertz CT molecular complexity index is 950. The number of hydrogen-bond donors (Lipinski definition) is 1. The van der Waals surface area contributed by atoms with Gasteiger partial charge in [-0.3, -0.25) is 0 Å². The van der Waals surface area contributed by atoms with Crippen LogP contribution >= 0.6 is 0 Å². The van der Waals surface area contributed by atoms with Crippen LogP contribution in [0.2, 0.25) is 0 Å². The van der Waals surface area contributed by atoms with E-state index in [-0.39, 0.29) is 0 Å². The third-order valence-corrected chi connectivity index (χ3v) is 6.21. The summed E-state index contributed by atoms with van der Waals surface area (Å²) in [6.45, 7) is 4.83. The van der Waals surface area contributed by atoms with Gasteiger partial charge in [0.05, 0.1) is 0 Å². The van der Waals surface area contributed by atoms with E-state index in [0.717, 1.165) is 38.1 Å². The average molecular weight is 403 g/mol. The molecule has 1 N–H and O–H groups in total. The van der Waals surface area contributed by atoms with E-state index in [1.165, 1.54) is 54.9 Å². The van der Waals surface area contributed by atoms with E-state index in [1.807, 2.05) is 0 Å². The van der Waals surface area contributed by atoms with Crippen LogP contribution in [0.1, 0.15) is 44.1 Å². The Hall–Kier alpha value is -2.89. The van der Waals surface area contributed by atoms with Crippen LogP contribution in [0.15, 0.2) is 42.5 Å². The van der Waals surface area contributed by atoms with Crippen LogP contribution < -0.4 is 15.1 Å². The Labute approximate surface area is 178 Å². The fraction of sp³-hybridized carbons (Fsp3) is 0.458. The smallest absolute Gasteiger partial charge is 0.231 e. The lowest BCUT2D eigenvalue weighted by molar-refractivity contribution is 0.556. The molecule has 2 fully saturated rings. The molecule has 156 valence electrons. The number of piperidine rings is 2. The van der Waals surface area contributed by atoms with Crippen molar-refractivity contribution in [2.24, 2.45) is 0 Å². The molecule has 6 nitrogen and oxygen atoms in total. The lowest BCUT2D eigenvalue weighted by Gasteiger charge is -2.30. The SMILES string of the molecule is c1ccc2c(CNc3nc(N4CCCCC4)nc(N4CCCCC4)n3)cccc2c1. The highest BCUT2D eigenvalue weighted by atomic mass is 15.4. The van der Waals surface area contributed by atoms with Crippen LogP contribution in [0.5, 0.6) is 0 Å². The number of anilines is 3. The predicted octanol–water partition coefficient (Wildman–Crippen LogP) is 4.62. The summed E-state index contributed by atoms with van der Waals surface area (Å²) in [5.74, 6) is 2.33. The minimum atomic E-state index is 0.680. The average Bonchev–Trinajstić information content (AvgIpc) is 2.83. The molecule has 0 saturated carbocycles. The van der Waals surface area contributed by atoms with Crippen LogP contribution in [-0.4, -0.2) is 41.1 Å². The molecule has 0 amide bonds. The van der Waals surface area contributed by atoms with Gasteiger partial charge in [0.25, 0.3) is 0 Å². The first kappa shape index (κ1) is 19.1. The van der Waals surface area contributed by atoms with Gasteiger partial charge in [-0.05, 0) is 54.9 Å². The molecular weight excluding hydrogens is 372 g/mol. The first-order valence-corrected chi connectivity index (χ1v) is 11.3. The molecule has 0 bridgehead atoms. The molecule has 0 radical (unpaired) electrons. The minimum Gasteiger partial charge on any atom is -0.350 e. The first-order chi connectivity index (χ1) is 14.9. The number of benzene rings is 2. The molecule has 3 heterocycles. The Morgan fingerprint density at radius 3 is 1.93 bits per heavy atom. The topological polar surface area (TPSA) is 57.2 Å². The Morgan fingerprint density at radius 1 is 0.667 bits per heavy atom. The summed E-state index contributed by atoms with van der Waals surface area (Å²) in [6, 6.07) is 15.0. The maximum absolute atomic E-state index is 4.88. The zero-order chi connectivity index (χ0) is 20.2. The van der Waals surface area contributed by atoms with Crippen molar-refractivity contribution < 1.29 is 0 Å². The summed E-state index contributed by atoms with van der Waals surface area (Å²) in [4.78, 5) is 19.1. The lowest BCUT2D eigenvalue weighted by atomic mass is 10.0. The van der Waals surface area contributed by atoms with Crippen molar-refractivity contribution in [3.63, 3.8) is 0 Å². The van der Waals surface area contributed by atoms with Gasteiger partial charge in [-0.15, -0.1) is 0 Å². The Morgan fingerprint density at radius 2 is 1.27 bits per heavy atom. The molecule has 2 aliphatic rings. The van der Waals surface area contributed by atoms with Crippen molar-refractivity contribution in [2.75, 3.05) is 41.3 Å². The van der Waals surface area contributed by atoms with E-state index in [9.17, 15) is 0 Å². The Kier molecular flexibility index (Phi) is 5.64. The Balaban J connectivity index is 1.42. The molecule has 0 unspecified atom stereocenters. The van der Waals surface area contributed by atoms with E-state index in [1.54, 1.807) is 0 Å². The van der Waals surface area contributed by atoms with Crippen molar-refractivity contribution in [1.82, 2.24) is 15.0 Å². The summed E-state index contributed by atoms with van der Waals surface area (Å²) in [5.41, 5.74) is 1.26. The number of nitrogens with one attached hydrogen (secondary N) is 1. The van der Waals surface area contributed by atoms with Crippen molar-refractivity contribution in [3.8, 4) is 0 Å². The zero-order valence-electron chi connectivity index (χ0n) is 17.6. The molecule has 0 atom stereocenters. The highest BCUT2D eigenvalue weighted by molar-refractivity contribution is 5.85. The van der Waals surface area contributed by atoms with E-state index < -0.39 is 0 Å². The molecule has 0 spiro atoms. The van der Waals surface area contributed by atoms with Crippen LogP contribution in [0.3, 0.4) is 0 Å². The summed E-state index contributed by atoms with van der Waals surface area (Å²) in [5, 5.41) is 6.03. The summed E-state index contributed by atoms with van der Waals surface area (Å²) < 4.78 is 0.